The number of hydrogen-bond donors (Lipinski definition) is 0. The molecule has 0 saturated heterocycles. The van der Waals surface area contributed by atoms with Crippen molar-refractivity contribution in [1.29, 1.82) is 0 Å². The lowest BCUT2D eigenvalue weighted by molar-refractivity contribution is 0.479. The fraction of sp³-hybridized carbons (Fsp3) is 0. The maximum Gasteiger partial charge on any atom is 0.144 e. The van der Waals surface area contributed by atoms with Crippen LogP contribution in [0.3, 0.4) is 0 Å². The first kappa shape index (κ1) is 6.81. The minimum Gasteiger partial charge on any atom is -0.464 e. The van der Waals surface area contributed by atoms with Gasteiger partial charge >= 0.3 is 0 Å². The largest absolute Gasteiger partial charge is 0.464 e. The number of rotatable bonds is 2. The number of hydrogen-bond acceptors (Lipinski definition) is 2. The minimum atomic E-state index is 0.724. The first-order valence-electron chi connectivity index (χ1n) is 2.94. The van der Waals surface area contributed by atoms with Crippen molar-refractivity contribution in [1.82, 2.24) is 4.98 Å². The van der Waals surface area contributed by atoms with E-state index in [9.17, 15) is 0 Å². The van der Waals surface area contributed by atoms with E-state index >= 15 is 0 Å². The second-order valence-corrected chi connectivity index (χ2v) is 1.68. The number of pyridine rings is 1. The summed E-state index contributed by atoms with van der Waals surface area (Å²) in [6, 6.07) is 3.64. The highest BCUT2D eigenvalue weighted by atomic mass is 16.5. The van der Waals surface area contributed by atoms with Crippen LogP contribution in [0.1, 0.15) is 0 Å². The first-order chi connectivity index (χ1) is 4.93. The summed E-state index contributed by atoms with van der Waals surface area (Å²) >= 11 is 0. The van der Waals surface area contributed by atoms with E-state index in [1.807, 2.05) is 12.1 Å². The predicted octanol–water partition coefficient (Wildman–Crippen LogP) is 1.81. The van der Waals surface area contributed by atoms with E-state index in [0.29, 0.717) is 0 Å². The summed E-state index contributed by atoms with van der Waals surface area (Å²) in [7, 11) is 0. The Morgan fingerprint density at radius 2 is 2.50 bits per heavy atom. The standard InChI is InChI=1S/C8H8NO/c1-2-6-10-8-4-3-5-9-7-8/h2-7H,1H2/b6-2+. The SMILES string of the molecule is [CH2]/C=C/Oc1cccnc1. The van der Waals surface area contributed by atoms with Crippen molar-refractivity contribution in [2.75, 3.05) is 0 Å². The molecule has 1 aromatic heterocycles. The van der Waals surface area contributed by atoms with Crippen molar-refractivity contribution < 1.29 is 4.74 Å². The molecule has 0 aromatic carbocycles. The van der Waals surface area contributed by atoms with Crippen molar-refractivity contribution in [3.63, 3.8) is 0 Å². The zero-order valence-corrected chi connectivity index (χ0v) is 5.53. The summed E-state index contributed by atoms with van der Waals surface area (Å²) in [5, 5.41) is 0. The summed E-state index contributed by atoms with van der Waals surface area (Å²) in [6.45, 7) is 3.47. The molecular weight excluding hydrogens is 126 g/mol. The van der Waals surface area contributed by atoms with E-state index in [1.54, 1.807) is 18.5 Å². The van der Waals surface area contributed by atoms with Gasteiger partial charge in [-0.1, -0.05) is 0 Å². The van der Waals surface area contributed by atoms with Gasteiger partial charge in [0.15, 0.2) is 0 Å². The van der Waals surface area contributed by atoms with Crippen LogP contribution in [-0.4, -0.2) is 4.98 Å². The molecule has 0 fully saturated rings. The minimum absolute atomic E-state index is 0.724. The average molecular weight is 134 g/mol. The lowest BCUT2D eigenvalue weighted by Crippen LogP contribution is -1.80. The van der Waals surface area contributed by atoms with Gasteiger partial charge in [0.2, 0.25) is 0 Å². The summed E-state index contributed by atoms with van der Waals surface area (Å²) in [4.78, 5) is 3.86. The lowest BCUT2D eigenvalue weighted by atomic mass is 10.5. The van der Waals surface area contributed by atoms with Gasteiger partial charge in [-0.3, -0.25) is 4.98 Å². The molecule has 1 rings (SSSR count). The van der Waals surface area contributed by atoms with Crippen LogP contribution in [0.15, 0.2) is 36.9 Å². The Hall–Kier alpha value is -1.31. The Morgan fingerprint density at radius 1 is 1.60 bits per heavy atom. The van der Waals surface area contributed by atoms with Gasteiger partial charge in [0, 0.05) is 6.20 Å². The molecule has 1 heterocycles. The fourth-order valence-electron chi connectivity index (χ4n) is 0.543. The number of ether oxygens (including phenoxy) is 1. The molecule has 0 aliphatic heterocycles. The van der Waals surface area contributed by atoms with E-state index < -0.39 is 0 Å². The van der Waals surface area contributed by atoms with Gasteiger partial charge in [0.05, 0.1) is 12.5 Å². The third kappa shape index (κ3) is 1.90. The Bertz CT molecular complexity index is 206. The van der Waals surface area contributed by atoms with Crippen LogP contribution in [0.2, 0.25) is 0 Å². The summed E-state index contributed by atoms with van der Waals surface area (Å²) in [5.74, 6) is 0.724. The van der Waals surface area contributed by atoms with E-state index in [0.717, 1.165) is 5.75 Å². The number of aromatic nitrogens is 1. The third-order valence-corrected chi connectivity index (χ3v) is 0.935. The molecule has 0 aliphatic rings. The maximum absolute atomic E-state index is 5.05. The highest BCUT2D eigenvalue weighted by Gasteiger charge is 1.84. The van der Waals surface area contributed by atoms with Crippen molar-refractivity contribution >= 4 is 0 Å². The quantitative estimate of drug-likeness (QED) is 0.575. The third-order valence-electron chi connectivity index (χ3n) is 0.935. The highest BCUT2D eigenvalue weighted by Crippen LogP contribution is 2.05. The normalized spacial score (nSPS) is 10.1. The van der Waals surface area contributed by atoms with E-state index in [-0.39, 0.29) is 0 Å². The predicted molar refractivity (Wildman–Crippen MR) is 39.4 cm³/mol. The fourth-order valence-corrected chi connectivity index (χ4v) is 0.543. The molecule has 0 saturated carbocycles. The molecule has 2 nitrogen and oxygen atoms in total. The molecule has 0 N–H and O–H groups in total. The maximum atomic E-state index is 5.05. The van der Waals surface area contributed by atoms with Gasteiger partial charge in [0.25, 0.3) is 0 Å². The van der Waals surface area contributed by atoms with Crippen molar-refractivity contribution in [3.05, 3.63) is 43.8 Å². The van der Waals surface area contributed by atoms with Crippen LogP contribution in [0, 0.1) is 6.92 Å². The molecule has 0 unspecified atom stereocenters. The van der Waals surface area contributed by atoms with Gasteiger partial charge in [0.1, 0.15) is 5.75 Å². The van der Waals surface area contributed by atoms with E-state index in [2.05, 4.69) is 11.9 Å². The van der Waals surface area contributed by atoms with Gasteiger partial charge in [-0.2, -0.15) is 0 Å². The zero-order valence-electron chi connectivity index (χ0n) is 5.53. The lowest BCUT2D eigenvalue weighted by Gasteiger charge is -1.95. The van der Waals surface area contributed by atoms with Crippen molar-refractivity contribution in [3.8, 4) is 5.75 Å². The van der Waals surface area contributed by atoms with Gasteiger partial charge < -0.3 is 4.74 Å². The van der Waals surface area contributed by atoms with Crippen LogP contribution in [0.5, 0.6) is 5.75 Å². The average Bonchev–Trinajstić information content (AvgIpc) is 2.03. The molecule has 51 valence electrons. The molecule has 0 atom stereocenters. The van der Waals surface area contributed by atoms with Gasteiger partial charge in [-0.25, -0.2) is 0 Å². The Labute approximate surface area is 60.2 Å². The van der Waals surface area contributed by atoms with E-state index in [1.165, 1.54) is 6.26 Å². The monoisotopic (exact) mass is 134 g/mol. The van der Waals surface area contributed by atoms with Crippen LogP contribution < -0.4 is 4.74 Å². The van der Waals surface area contributed by atoms with Crippen LogP contribution in [0.25, 0.3) is 0 Å². The molecule has 0 bridgehead atoms. The Kier molecular flexibility index (Phi) is 2.49. The summed E-state index contributed by atoms with van der Waals surface area (Å²) in [6.07, 6.45) is 6.42. The van der Waals surface area contributed by atoms with Crippen LogP contribution in [0.4, 0.5) is 0 Å². The second-order valence-electron chi connectivity index (χ2n) is 1.68. The smallest absolute Gasteiger partial charge is 0.144 e. The van der Waals surface area contributed by atoms with Crippen LogP contribution in [-0.2, 0) is 0 Å². The molecule has 0 spiro atoms. The van der Waals surface area contributed by atoms with Gasteiger partial charge in [-0.15, -0.1) is 0 Å². The highest BCUT2D eigenvalue weighted by molar-refractivity contribution is 5.16. The number of nitrogens with zero attached hydrogens (tertiary/aromatic N) is 1. The van der Waals surface area contributed by atoms with Crippen molar-refractivity contribution in [2.24, 2.45) is 0 Å². The van der Waals surface area contributed by atoms with Crippen LogP contribution >= 0.6 is 0 Å². The molecule has 1 aromatic rings. The summed E-state index contributed by atoms with van der Waals surface area (Å²) < 4.78 is 5.05. The molecular formula is C8H8NO. The van der Waals surface area contributed by atoms with Gasteiger partial charge in [-0.05, 0) is 25.1 Å². The molecule has 0 amide bonds. The molecule has 10 heavy (non-hydrogen) atoms. The first-order valence-corrected chi connectivity index (χ1v) is 2.94. The second kappa shape index (κ2) is 3.67. The Balaban J connectivity index is 2.59. The molecule has 1 radical (unpaired) electrons. The van der Waals surface area contributed by atoms with E-state index in [4.69, 9.17) is 4.74 Å². The summed E-state index contributed by atoms with van der Waals surface area (Å²) in [5.41, 5.74) is 0. The molecule has 0 aliphatic carbocycles. The van der Waals surface area contributed by atoms with Crippen molar-refractivity contribution in [2.45, 2.75) is 0 Å². The number of allylic oxidation sites excluding steroid dienone is 1. The zero-order chi connectivity index (χ0) is 7.23. The topological polar surface area (TPSA) is 22.1 Å². The Morgan fingerprint density at radius 3 is 3.10 bits per heavy atom. The molecule has 2 heteroatoms.